The molecule has 0 aliphatic carbocycles. The summed E-state index contributed by atoms with van der Waals surface area (Å²) in [6.07, 6.45) is -1.11. The lowest BCUT2D eigenvalue weighted by atomic mass is 10.1. The van der Waals surface area contributed by atoms with Crippen LogP contribution in [0.1, 0.15) is 20.7 Å². The predicted molar refractivity (Wildman–Crippen MR) is 98.5 cm³/mol. The Hall–Kier alpha value is -3.47. The SMILES string of the molecule is O=C(NC(Nc1ccccc1F)C(=O)c1ccccc1)c1ccccc1. The lowest BCUT2D eigenvalue weighted by molar-refractivity contribution is 0.0869. The molecule has 0 saturated heterocycles. The molecular weight excluding hydrogens is 331 g/mol. The van der Waals surface area contributed by atoms with Crippen LogP contribution in [-0.2, 0) is 0 Å². The summed E-state index contributed by atoms with van der Waals surface area (Å²) < 4.78 is 14.0. The molecule has 0 radical (unpaired) electrons. The molecule has 3 aromatic carbocycles. The molecule has 0 bridgehead atoms. The Balaban J connectivity index is 1.87. The Morgan fingerprint density at radius 1 is 0.731 bits per heavy atom. The molecule has 1 atom stereocenters. The van der Waals surface area contributed by atoms with Gasteiger partial charge in [0.1, 0.15) is 5.82 Å². The van der Waals surface area contributed by atoms with Crippen molar-refractivity contribution >= 4 is 17.4 Å². The molecule has 0 aliphatic rings. The van der Waals surface area contributed by atoms with Crippen LogP contribution in [0.2, 0.25) is 0 Å². The number of carbonyl (C=O) groups is 2. The Bertz CT molecular complexity index is 898. The zero-order valence-electron chi connectivity index (χ0n) is 13.9. The van der Waals surface area contributed by atoms with Crippen LogP contribution in [0.15, 0.2) is 84.9 Å². The minimum atomic E-state index is -1.11. The van der Waals surface area contributed by atoms with Gasteiger partial charge in [0.15, 0.2) is 6.17 Å². The van der Waals surface area contributed by atoms with Crippen molar-refractivity contribution < 1.29 is 14.0 Å². The number of hydrogen-bond donors (Lipinski definition) is 2. The van der Waals surface area contributed by atoms with Crippen LogP contribution in [0.25, 0.3) is 0 Å². The van der Waals surface area contributed by atoms with Crippen LogP contribution in [0.4, 0.5) is 10.1 Å². The fourth-order valence-electron chi connectivity index (χ4n) is 2.47. The molecule has 0 heterocycles. The lowest BCUT2D eigenvalue weighted by Gasteiger charge is -2.21. The predicted octanol–water partition coefficient (Wildman–Crippen LogP) is 3.88. The topological polar surface area (TPSA) is 58.2 Å². The summed E-state index contributed by atoms with van der Waals surface area (Å²) in [6, 6.07) is 23.1. The molecular formula is C21H17FN2O2. The van der Waals surface area contributed by atoms with Crippen molar-refractivity contribution in [3.63, 3.8) is 0 Å². The number of hydrogen-bond acceptors (Lipinski definition) is 3. The second kappa shape index (κ2) is 8.07. The van der Waals surface area contributed by atoms with Crippen LogP contribution in [-0.4, -0.2) is 17.9 Å². The van der Waals surface area contributed by atoms with Crippen LogP contribution >= 0.6 is 0 Å². The third kappa shape index (κ3) is 4.13. The maximum atomic E-state index is 14.0. The van der Waals surface area contributed by atoms with E-state index in [1.165, 1.54) is 12.1 Å². The van der Waals surface area contributed by atoms with E-state index in [4.69, 9.17) is 0 Å². The number of benzene rings is 3. The van der Waals surface area contributed by atoms with E-state index in [9.17, 15) is 14.0 Å². The number of nitrogens with one attached hydrogen (secondary N) is 2. The van der Waals surface area contributed by atoms with Gasteiger partial charge >= 0.3 is 0 Å². The van der Waals surface area contributed by atoms with Gasteiger partial charge in [0, 0.05) is 11.1 Å². The highest BCUT2D eigenvalue weighted by Crippen LogP contribution is 2.15. The maximum Gasteiger partial charge on any atom is 0.253 e. The average molecular weight is 348 g/mol. The van der Waals surface area contributed by atoms with E-state index in [-0.39, 0.29) is 11.5 Å². The number of Topliss-reactive ketones (excluding diaryl/α,β-unsaturated/α-hetero) is 1. The first kappa shape index (κ1) is 17.4. The van der Waals surface area contributed by atoms with Crippen molar-refractivity contribution in [3.8, 4) is 0 Å². The van der Waals surface area contributed by atoms with Gasteiger partial charge in [0.25, 0.3) is 5.91 Å². The van der Waals surface area contributed by atoms with Crippen molar-refractivity contribution in [2.45, 2.75) is 6.17 Å². The molecule has 0 aromatic heterocycles. The van der Waals surface area contributed by atoms with E-state index in [1.807, 2.05) is 0 Å². The van der Waals surface area contributed by atoms with Crippen molar-refractivity contribution in [3.05, 3.63) is 102 Å². The summed E-state index contributed by atoms with van der Waals surface area (Å²) in [5.74, 6) is -1.30. The smallest absolute Gasteiger partial charge is 0.253 e. The molecule has 2 N–H and O–H groups in total. The number of rotatable bonds is 6. The molecule has 0 aliphatic heterocycles. The fourth-order valence-corrected chi connectivity index (χ4v) is 2.47. The standard InChI is InChI=1S/C21H17FN2O2/c22-17-13-7-8-14-18(17)23-20(19(25)15-9-3-1-4-10-15)24-21(26)16-11-5-2-6-12-16/h1-14,20,23H,(H,24,26). The second-order valence-corrected chi connectivity index (χ2v) is 5.63. The van der Waals surface area contributed by atoms with E-state index in [0.29, 0.717) is 11.1 Å². The first-order valence-corrected chi connectivity index (χ1v) is 8.11. The summed E-state index contributed by atoms with van der Waals surface area (Å²) in [4.78, 5) is 25.3. The first-order valence-electron chi connectivity index (χ1n) is 8.11. The quantitative estimate of drug-likeness (QED) is 0.525. The summed E-state index contributed by atoms with van der Waals surface area (Å²) in [6.45, 7) is 0. The van der Waals surface area contributed by atoms with Crippen molar-refractivity contribution in [1.82, 2.24) is 5.32 Å². The minimum Gasteiger partial charge on any atom is -0.356 e. The van der Waals surface area contributed by atoms with Gasteiger partial charge < -0.3 is 10.6 Å². The van der Waals surface area contributed by atoms with Crippen LogP contribution in [0, 0.1) is 5.82 Å². The minimum absolute atomic E-state index is 0.134. The average Bonchev–Trinajstić information content (AvgIpc) is 2.70. The molecule has 5 heteroatoms. The van der Waals surface area contributed by atoms with Gasteiger partial charge in [-0.25, -0.2) is 4.39 Å². The molecule has 26 heavy (non-hydrogen) atoms. The summed E-state index contributed by atoms with van der Waals surface area (Å²) >= 11 is 0. The highest BCUT2D eigenvalue weighted by molar-refractivity contribution is 6.05. The third-order valence-electron chi connectivity index (χ3n) is 3.81. The van der Waals surface area contributed by atoms with Crippen LogP contribution in [0.5, 0.6) is 0 Å². The van der Waals surface area contributed by atoms with Crippen molar-refractivity contribution in [1.29, 1.82) is 0 Å². The third-order valence-corrected chi connectivity index (χ3v) is 3.81. The van der Waals surface area contributed by atoms with Crippen molar-refractivity contribution in [2.24, 2.45) is 0 Å². The molecule has 1 unspecified atom stereocenters. The van der Waals surface area contributed by atoms with E-state index in [2.05, 4.69) is 10.6 Å². The molecule has 0 fully saturated rings. The van der Waals surface area contributed by atoms with Gasteiger partial charge in [0.2, 0.25) is 5.78 Å². The van der Waals surface area contributed by atoms with E-state index in [1.54, 1.807) is 72.8 Å². The highest BCUT2D eigenvalue weighted by Gasteiger charge is 2.23. The van der Waals surface area contributed by atoms with E-state index >= 15 is 0 Å². The maximum absolute atomic E-state index is 14.0. The van der Waals surface area contributed by atoms with Gasteiger partial charge in [-0.15, -0.1) is 0 Å². The number of carbonyl (C=O) groups excluding carboxylic acids is 2. The zero-order chi connectivity index (χ0) is 18.4. The highest BCUT2D eigenvalue weighted by atomic mass is 19.1. The van der Waals surface area contributed by atoms with Gasteiger partial charge in [0.05, 0.1) is 5.69 Å². The summed E-state index contributed by atoms with van der Waals surface area (Å²) in [5, 5.41) is 5.43. The number of halogens is 1. The van der Waals surface area contributed by atoms with Gasteiger partial charge in [-0.3, -0.25) is 9.59 Å². The van der Waals surface area contributed by atoms with E-state index in [0.717, 1.165) is 0 Å². The van der Waals surface area contributed by atoms with E-state index < -0.39 is 17.9 Å². The Kier molecular flexibility index (Phi) is 5.39. The normalized spacial score (nSPS) is 11.4. The lowest BCUT2D eigenvalue weighted by Crippen LogP contribution is -2.46. The number of para-hydroxylation sites is 1. The molecule has 0 spiro atoms. The zero-order valence-corrected chi connectivity index (χ0v) is 13.9. The Morgan fingerprint density at radius 3 is 1.88 bits per heavy atom. The monoisotopic (exact) mass is 348 g/mol. The van der Waals surface area contributed by atoms with Gasteiger partial charge in [-0.2, -0.15) is 0 Å². The molecule has 0 saturated carbocycles. The van der Waals surface area contributed by atoms with Gasteiger partial charge in [-0.1, -0.05) is 60.7 Å². The second-order valence-electron chi connectivity index (χ2n) is 5.63. The van der Waals surface area contributed by atoms with Crippen LogP contribution in [0.3, 0.4) is 0 Å². The molecule has 1 amide bonds. The molecule has 4 nitrogen and oxygen atoms in total. The summed E-state index contributed by atoms with van der Waals surface area (Å²) in [7, 11) is 0. The van der Waals surface area contributed by atoms with Crippen LogP contribution < -0.4 is 10.6 Å². The fraction of sp³-hybridized carbons (Fsp3) is 0.0476. The number of ketones is 1. The number of anilines is 1. The Morgan fingerprint density at radius 2 is 1.27 bits per heavy atom. The molecule has 3 aromatic rings. The van der Waals surface area contributed by atoms with Crippen molar-refractivity contribution in [2.75, 3.05) is 5.32 Å². The summed E-state index contributed by atoms with van der Waals surface area (Å²) in [5.41, 5.74) is 0.957. The largest absolute Gasteiger partial charge is 0.356 e. The molecule has 130 valence electrons. The van der Waals surface area contributed by atoms with Gasteiger partial charge in [-0.05, 0) is 24.3 Å². The Labute approximate surface area is 150 Å². The molecule has 3 rings (SSSR count). The number of amides is 1. The first-order chi connectivity index (χ1) is 12.6.